The van der Waals surface area contributed by atoms with Crippen LogP contribution < -0.4 is 10.1 Å². The summed E-state index contributed by atoms with van der Waals surface area (Å²) in [5.74, 6) is 0.683. The molecule has 0 aliphatic heterocycles. The van der Waals surface area contributed by atoms with Gasteiger partial charge in [0, 0.05) is 13.5 Å². The first-order valence-electron chi connectivity index (χ1n) is 5.75. The minimum atomic E-state index is -0.0404. The zero-order valence-electron chi connectivity index (χ0n) is 10.6. The van der Waals surface area contributed by atoms with Gasteiger partial charge in [0.15, 0.2) is 0 Å². The van der Waals surface area contributed by atoms with Crippen molar-refractivity contribution < 1.29 is 14.7 Å². The molecule has 1 aromatic rings. The van der Waals surface area contributed by atoms with Crippen LogP contribution >= 0.6 is 0 Å². The van der Waals surface area contributed by atoms with Gasteiger partial charge in [-0.25, -0.2) is 0 Å². The Morgan fingerprint density at radius 1 is 1.39 bits per heavy atom. The van der Waals surface area contributed by atoms with Crippen molar-refractivity contribution in [3.8, 4) is 5.75 Å². The molecular weight excluding hydrogens is 232 g/mol. The average Bonchev–Trinajstić information content (AvgIpc) is 2.40. The van der Waals surface area contributed by atoms with Crippen molar-refractivity contribution in [2.75, 3.05) is 13.7 Å². The lowest BCUT2D eigenvalue weighted by Crippen LogP contribution is -2.20. The Kier molecular flexibility index (Phi) is 5.70. The van der Waals surface area contributed by atoms with Crippen LogP contribution in [0.5, 0.6) is 5.75 Å². The van der Waals surface area contributed by atoms with E-state index in [1.165, 1.54) is 0 Å². The van der Waals surface area contributed by atoms with E-state index >= 15 is 0 Å². The molecule has 0 heterocycles. The van der Waals surface area contributed by atoms with Gasteiger partial charge < -0.3 is 15.3 Å². The number of nitrogens with one attached hydrogen (secondary N) is 1. The molecule has 2 N–H and O–H groups in total. The molecule has 1 amide bonds. The standard InChI is InChI=1S/C13H18N2O3/c1-10(15-17)9-11-3-5-12(6-4-11)18-8-7-13(16)14-2/h3-6,17H,7-9H2,1-2H3,(H,14,16)/b15-10+. The van der Waals surface area contributed by atoms with Gasteiger partial charge in [0.1, 0.15) is 5.75 Å². The highest BCUT2D eigenvalue weighted by atomic mass is 16.5. The summed E-state index contributed by atoms with van der Waals surface area (Å²) in [6.07, 6.45) is 0.948. The maximum Gasteiger partial charge on any atom is 0.223 e. The van der Waals surface area contributed by atoms with Crippen molar-refractivity contribution in [2.24, 2.45) is 5.16 Å². The number of benzene rings is 1. The van der Waals surface area contributed by atoms with Crippen LogP contribution in [0.2, 0.25) is 0 Å². The molecule has 0 spiro atoms. The van der Waals surface area contributed by atoms with Crippen LogP contribution in [-0.4, -0.2) is 30.5 Å². The number of hydrogen-bond donors (Lipinski definition) is 2. The van der Waals surface area contributed by atoms with Crippen molar-refractivity contribution in [1.29, 1.82) is 0 Å². The van der Waals surface area contributed by atoms with E-state index in [-0.39, 0.29) is 5.91 Å². The molecule has 1 rings (SSSR count). The van der Waals surface area contributed by atoms with Crippen LogP contribution in [0.4, 0.5) is 0 Å². The number of carbonyl (C=O) groups excluding carboxylic acids is 1. The predicted molar refractivity (Wildman–Crippen MR) is 69.2 cm³/mol. The molecule has 0 aliphatic rings. The Hall–Kier alpha value is -2.04. The molecule has 0 atom stereocenters. The summed E-state index contributed by atoms with van der Waals surface area (Å²) in [4.78, 5) is 11.0. The first-order valence-corrected chi connectivity index (χ1v) is 5.75. The van der Waals surface area contributed by atoms with E-state index in [4.69, 9.17) is 9.94 Å². The highest BCUT2D eigenvalue weighted by molar-refractivity contribution is 5.83. The van der Waals surface area contributed by atoms with Gasteiger partial charge >= 0.3 is 0 Å². The number of rotatable bonds is 6. The fourth-order valence-corrected chi connectivity index (χ4v) is 1.42. The summed E-state index contributed by atoms with van der Waals surface area (Å²) in [5.41, 5.74) is 1.70. The largest absolute Gasteiger partial charge is 0.493 e. The molecule has 0 bridgehead atoms. The number of nitrogens with zero attached hydrogens (tertiary/aromatic N) is 1. The topological polar surface area (TPSA) is 70.9 Å². The summed E-state index contributed by atoms with van der Waals surface area (Å²) >= 11 is 0. The maximum absolute atomic E-state index is 11.0. The zero-order valence-corrected chi connectivity index (χ0v) is 10.6. The van der Waals surface area contributed by atoms with E-state index in [0.717, 1.165) is 11.3 Å². The Bertz CT molecular complexity index is 413. The van der Waals surface area contributed by atoms with Gasteiger partial charge in [0.25, 0.3) is 0 Å². The van der Waals surface area contributed by atoms with Gasteiger partial charge in [-0.05, 0) is 24.6 Å². The Balaban J connectivity index is 2.43. The van der Waals surface area contributed by atoms with Crippen molar-refractivity contribution in [3.05, 3.63) is 29.8 Å². The quantitative estimate of drug-likeness (QED) is 0.457. The van der Waals surface area contributed by atoms with Crippen molar-refractivity contribution in [2.45, 2.75) is 19.8 Å². The monoisotopic (exact) mass is 250 g/mol. The SMILES string of the molecule is CNC(=O)CCOc1ccc(C/C(C)=N/O)cc1. The zero-order chi connectivity index (χ0) is 13.4. The van der Waals surface area contributed by atoms with E-state index in [0.29, 0.717) is 25.2 Å². The van der Waals surface area contributed by atoms with Crippen LogP contribution in [0.3, 0.4) is 0 Å². The first kappa shape index (κ1) is 14.0. The molecule has 0 saturated carbocycles. The Morgan fingerprint density at radius 3 is 2.61 bits per heavy atom. The molecule has 5 nitrogen and oxygen atoms in total. The summed E-state index contributed by atoms with van der Waals surface area (Å²) in [7, 11) is 1.60. The summed E-state index contributed by atoms with van der Waals surface area (Å²) in [6.45, 7) is 2.11. The van der Waals surface area contributed by atoms with E-state index in [1.54, 1.807) is 14.0 Å². The van der Waals surface area contributed by atoms with Crippen molar-refractivity contribution in [3.63, 3.8) is 0 Å². The van der Waals surface area contributed by atoms with Gasteiger partial charge in [0.2, 0.25) is 5.91 Å². The minimum Gasteiger partial charge on any atom is -0.493 e. The van der Waals surface area contributed by atoms with Crippen LogP contribution in [0.15, 0.2) is 29.4 Å². The second-order valence-electron chi connectivity index (χ2n) is 3.93. The fraction of sp³-hybridized carbons (Fsp3) is 0.385. The second-order valence-corrected chi connectivity index (χ2v) is 3.93. The predicted octanol–water partition coefficient (Wildman–Crippen LogP) is 1.59. The molecule has 0 unspecified atom stereocenters. The lowest BCUT2D eigenvalue weighted by molar-refractivity contribution is -0.121. The molecule has 0 aromatic heterocycles. The third-order valence-electron chi connectivity index (χ3n) is 2.43. The molecule has 0 saturated heterocycles. The molecule has 0 aliphatic carbocycles. The smallest absolute Gasteiger partial charge is 0.223 e. The highest BCUT2D eigenvalue weighted by Gasteiger charge is 2.00. The van der Waals surface area contributed by atoms with Crippen LogP contribution in [0.1, 0.15) is 18.9 Å². The van der Waals surface area contributed by atoms with E-state index in [9.17, 15) is 4.79 Å². The van der Waals surface area contributed by atoms with Crippen LogP contribution in [0.25, 0.3) is 0 Å². The molecule has 0 fully saturated rings. The molecule has 0 radical (unpaired) electrons. The van der Waals surface area contributed by atoms with Gasteiger partial charge in [0.05, 0.1) is 18.7 Å². The lowest BCUT2D eigenvalue weighted by atomic mass is 10.1. The average molecular weight is 250 g/mol. The normalized spacial score (nSPS) is 11.1. The van der Waals surface area contributed by atoms with Crippen LogP contribution in [-0.2, 0) is 11.2 Å². The molecule has 18 heavy (non-hydrogen) atoms. The summed E-state index contributed by atoms with van der Waals surface area (Å²) in [6, 6.07) is 7.49. The molecular formula is C13H18N2O3. The molecule has 1 aromatic carbocycles. The number of hydrogen-bond acceptors (Lipinski definition) is 4. The van der Waals surface area contributed by atoms with Gasteiger partial charge in [-0.1, -0.05) is 17.3 Å². The van der Waals surface area contributed by atoms with Gasteiger partial charge in [-0.2, -0.15) is 0 Å². The van der Waals surface area contributed by atoms with Crippen molar-refractivity contribution >= 4 is 11.6 Å². The summed E-state index contributed by atoms with van der Waals surface area (Å²) in [5, 5.41) is 14.2. The van der Waals surface area contributed by atoms with E-state index in [2.05, 4.69) is 10.5 Å². The molecule has 5 heteroatoms. The summed E-state index contributed by atoms with van der Waals surface area (Å²) < 4.78 is 5.42. The Labute approximate surface area is 106 Å². The van der Waals surface area contributed by atoms with Gasteiger partial charge in [-0.3, -0.25) is 4.79 Å². The van der Waals surface area contributed by atoms with E-state index in [1.807, 2.05) is 24.3 Å². The molecule has 98 valence electrons. The maximum atomic E-state index is 11.0. The number of amides is 1. The van der Waals surface area contributed by atoms with Crippen LogP contribution in [0, 0.1) is 0 Å². The number of carbonyl (C=O) groups is 1. The Morgan fingerprint density at radius 2 is 2.06 bits per heavy atom. The lowest BCUT2D eigenvalue weighted by Gasteiger charge is -2.06. The highest BCUT2D eigenvalue weighted by Crippen LogP contribution is 2.13. The van der Waals surface area contributed by atoms with Gasteiger partial charge in [-0.15, -0.1) is 0 Å². The first-order chi connectivity index (χ1) is 8.65. The fourth-order valence-electron chi connectivity index (χ4n) is 1.42. The third-order valence-corrected chi connectivity index (χ3v) is 2.43. The number of ether oxygens (including phenoxy) is 1. The minimum absolute atomic E-state index is 0.0404. The third kappa shape index (κ3) is 4.86. The van der Waals surface area contributed by atoms with E-state index < -0.39 is 0 Å². The van der Waals surface area contributed by atoms with Crippen molar-refractivity contribution in [1.82, 2.24) is 5.32 Å². The number of oxime groups is 1. The second kappa shape index (κ2) is 7.32.